The molecule has 1 aromatic heterocycles. The summed E-state index contributed by atoms with van der Waals surface area (Å²) in [5.74, 6) is 0. The number of aryl methyl sites for hydroxylation is 1. The van der Waals surface area contributed by atoms with Crippen LogP contribution in [0.3, 0.4) is 0 Å². The monoisotopic (exact) mass is 355 g/mol. The van der Waals surface area contributed by atoms with E-state index >= 15 is 0 Å². The molecule has 1 aromatic carbocycles. The summed E-state index contributed by atoms with van der Waals surface area (Å²) in [6.45, 7) is 9.41. The Labute approximate surface area is 161 Å². The Morgan fingerprint density at radius 2 is 1.78 bits per heavy atom. The second-order valence-corrected chi connectivity index (χ2v) is 6.12. The van der Waals surface area contributed by atoms with Gasteiger partial charge in [-0.3, -0.25) is 10.4 Å². The summed E-state index contributed by atoms with van der Waals surface area (Å²) >= 11 is 0. The van der Waals surface area contributed by atoms with E-state index in [0.717, 1.165) is 16.7 Å². The topological polar surface area (TPSA) is 60.6 Å². The maximum atomic E-state index is 8.99. The molecule has 136 valence electrons. The van der Waals surface area contributed by atoms with E-state index in [1.165, 1.54) is 0 Å². The van der Waals surface area contributed by atoms with Crippen molar-refractivity contribution in [1.82, 2.24) is 4.98 Å². The molecule has 0 bridgehead atoms. The Morgan fingerprint density at radius 3 is 2.33 bits per heavy atom. The summed E-state index contributed by atoms with van der Waals surface area (Å²) in [6.07, 6.45) is 9.13. The first kappa shape index (κ1) is 20.0. The predicted molar refractivity (Wildman–Crippen MR) is 116 cm³/mol. The maximum Gasteiger partial charge on any atom is 0.0726 e. The minimum Gasteiger partial charge on any atom is -0.305 e. The SMILES string of the molecule is C=C\C=C/C(=C\C)C(/C(=N)c1ccccc1C)=C(/C(C)=N)c1ccccn1. The van der Waals surface area contributed by atoms with Gasteiger partial charge in [-0.1, -0.05) is 61.2 Å². The van der Waals surface area contributed by atoms with E-state index in [1.54, 1.807) is 19.2 Å². The lowest BCUT2D eigenvalue weighted by atomic mass is 9.86. The quantitative estimate of drug-likeness (QED) is 0.468. The molecule has 0 saturated carbocycles. The van der Waals surface area contributed by atoms with Crippen molar-refractivity contribution in [3.8, 4) is 0 Å². The summed E-state index contributed by atoms with van der Waals surface area (Å²) in [6, 6.07) is 13.5. The minimum absolute atomic E-state index is 0.369. The molecule has 0 atom stereocenters. The molecule has 0 amide bonds. The van der Waals surface area contributed by atoms with E-state index < -0.39 is 0 Å². The van der Waals surface area contributed by atoms with Crippen molar-refractivity contribution in [3.63, 3.8) is 0 Å². The van der Waals surface area contributed by atoms with Gasteiger partial charge in [0.25, 0.3) is 0 Å². The molecule has 0 saturated heterocycles. The van der Waals surface area contributed by atoms with E-state index in [1.807, 2.05) is 74.5 Å². The van der Waals surface area contributed by atoms with Crippen LogP contribution in [0.1, 0.15) is 30.7 Å². The third-order valence-electron chi connectivity index (χ3n) is 4.22. The number of aromatic nitrogens is 1. The number of nitrogens with zero attached hydrogens (tertiary/aromatic N) is 1. The molecule has 3 heteroatoms. The first-order chi connectivity index (χ1) is 13.0. The van der Waals surface area contributed by atoms with E-state index in [0.29, 0.717) is 28.3 Å². The predicted octanol–water partition coefficient (Wildman–Crippen LogP) is 5.94. The van der Waals surface area contributed by atoms with Crippen molar-refractivity contribution >= 4 is 17.0 Å². The molecule has 2 aromatic rings. The van der Waals surface area contributed by atoms with Crippen molar-refractivity contribution in [2.45, 2.75) is 20.8 Å². The number of rotatable bonds is 7. The fraction of sp³-hybridized carbons (Fsp3) is 0.125. The highest BCUT2D eigenvalue weighted by Gasteiger charge is 2.21. The highest BCUT2D eigenvalue weighted by atomic mass is 14.7. The van der Waals surface area contributed by atoms with Crippen LogP contribution in [0.5, 0.6) is 0 Å². The van der Waals surface area contributed by atoms with E-state index in [-0.39, 0.29) is 0 Å². The molecule has 27 heavy (non-hydrogen) atoms. The third kappa shape index (κ3) is 4.64. The van der Waals surface area contributed by atoms with E-state index in [4.69, 9.17) is 10.8 Å². The van der Waals surface area contributed by atoms with Crippen LogP contribution in [0.25, 0.3) is 5.57 Å². The van der Waals surface area contributed by atoms with Crippen LogP contribution < -0.4 is 0 Å². The van der Waals surface area contributed by atoms with Gasteiger partial charge in [-0.15, -0.1) is 0 Å². The minimum atomic E-state index is 0.369. The van der Waals surface area contributed by atoms with Gasteiger partial charge in [0, 0.05) is 28.6 Å². The van der Waals surface area contributed by atoms with Crippen molar-refractivity contribution < 1.29 is 0 Å². The van der Waals surface area contributed by atoms with Crippen LogP contribution in [0.2, 0.25) is 0 Å². The lowest BCUT2D eigenvalue weighted by Gasteiger charge is -2.18. The van der Waals surface area contributed by atoms with Gasteiger partial charge in [0.15, 0.2) is 0 Å². The van der Waals surface area contributed by atoms with Crippen LogP contribution in [0.15, 0.2) is 90.7 Å². The number of hydrogen-bond donors (Lipinski definition) is 2. The van der Waals surface area contributed by atoms with Crippen LogP contribution in [0, 0.1) is 17.7 Å². The first-order valence-corrected chi connectivity index (χ1v) is 8.83. The van der Waals surface area contributed by atoms with Crippen LogP contribution in [-0.2, 0) is 0 Å². The average molecular weight is 355 g/mol. The van der Waals surface area contributed by atoms with Gasteiger partial charge in [0.2, 0.25) is 0 Å². The summed E-state index contributed by atoms with van der Waals surface area (Å²) < 4.78 is 0. The van der Waals surface area contributed by atoms with Gasteiger partial charge in [-0.05, 0) is 44.0 Å². The van der Waals surface area contributed by atoms with Crippen molar-refractivity contribution in [2.75, 3.05) is 0 Å². The van der Waals surface area contributed by atoms with Gasteiger partial charge in [0.05, 0.1) is 11.4 Å². The van der Waals surface area contributed by atoms with E-state index in [9.17, 15) is 0 Å². The Balaban J connectivity index is 2.85. The standard InChI is InChI=1S/C24H25N3/c1-5-7-13-19(6-2)23(24(26)20-14-9-8-12-17(20)3)22(18(4)25)21-15-10-11-16-27-21/h5-16,25-26H,1H2,2-4H3/b13-7-,19-6+,23-22+,25-18?,26-24?. The molecule has 0 aliphatic carbocycles. The smallest absolute Gasteiger partial charge is 0.0726 e. The largest absolute Gasteiger partial charge is 0.305 e. The first-order valence-electron chi connectivity index (χ1n) is 8.83. The number of nitrogens with one attached hydrogen (secondary N) is 2. The molecule has 0 aliphatic heterocycles. The third-order valence-corrected chi connectivity index (χ3v) is 4.22. The second-order valence-electron chi connectivity index (χ2n) is 6.12. The maximum absolute atomic E-state index is 8.99. The number of benzene rings is 1. The Hall–Kier alpha value is -3.33. The lowest BCUT2D eigenvalue weighted by molar-refractivity contribution is 1.27. The molecular formula is C24H25N3. The fourth-order valence-corrected chi connectivity index (χ4v) is 2.92. The van der Waals surface area contributed by atoms with Gasteiger partial charge in [-0.2, -0.15) is 0 Å². The molecular weight excluding hydrogens is 330 g/mol. The van der Waals surface area contributed by atoms with Gasteiger partial charge >= 0.3 is 0 Å². The van der Waals surface area contributed by atoms with Gasteiger partial charge in [-0.25, -0.2) is 0 Å². The second kappa shape index (κ2) is 9.39. The Morgan fingerprint density at radius 1 is 1.07 bits per heavy atom. The molecule has 2 rings (SSSR count). The van der Waals surface area contributed by atoms with Crippen LogP contribution in [-0.4, -0.2) is 16.4 Å². The molecule has 0 aliphatic rings. The van der Waals surface area contributed by atoms with Gasteiger partial charge < -0.3 is 5.41 Å². The zero-order valence-corrected chi connectivity index (χ0v) is 16.1. The molecule has 1 heterocycles. The summed E-state index contributed by atoms with van der Waals surface area (Å²) in [7, 11) is 0. The van der Waals surface area contributed by atoms with Crippen molar-refractivity contribution in [1.29, 1.82) is 10.8 Å². The Kier molecular flexibility index (Phi) is 6.95. The summed E-state index contributed by atoms with van der Waals surface area (Å²) in [5, 5.41) is 17.4. The fourth-order valence-electron chi connectivity index (χ4n) is 2.92. The molecule has 2 N–H and O–H groups in total. The zero-order chi connectivity index (χ0) is 19.8. The number of pyridine rings is 1. The highest BCUT2D eigenvalue weighted by molar-refractivity contribution is 6.31. The van der Waals surface area contributed by atoms with Gasteiger partial charge in [0.1, 0.15) is 0 Å². The average Bonchev–Trinajstić information content (AvgIpc) is 2.68. The van der Waals surface area contributed by atoms with Crippen molar-refractivity contribution in [2.24, 2.45) is 0 Å². The lowest BCUT2D eigenvalue weighted by Crippen LogP contribution is -2.13. The Bertz CT molecular complexity index is 945. The normalized spacial score (nSPS) is 12.6. The summed E-state index contributed by atoms with van der Waals surface area (Å²) in [5.41, 5.74) is 5.50. The molecule has 0 spiro atoms. The highest BCUT2D eigenvalue weighted by Crippen LogP contribution is 2.29. The summed E-state index contributed by atoms with van der Waals surface area (Å²) in [4.78, 5) is 4.45. The molecule has 3 nitrogen and oxygen atoms in total. The van der Waals surface area contributed by atoms with Crippen LogP contribution in [0.4, 0.5) is 0 Å². The molecule has 0 radical (unpaired) electrons. The number of hydrogen-bond acceptors (Lipinski definition) is 3. The van der Waals surface area contributed by atoms with E-state index in [2.05, 4.69) is 11.6 Å². The zero-order valence-electron chi connectivity index (χ0n) is 16.1. The van der Waals surface area contributed by atoms with Crippen molar-refractivity contribution in [3.05, 3.63) is 108 Å². The van der Waals surface area contributed by atoms with Crippen LogP contribution >= 0.6 is 0 Å². The molecule has 0 fully saturated rings. The number of allylic oxidation sites excluding steroid dienone is 7. The molecule has 0 unspecified atom stereocenters.